The molecule has 38 heavy (non-hydrogen) atoms. The Morgan fingerprint density at radius 3 is 2.66 bits per heavy atom. The van der Waals surface area contributed by atoms with Gasteiger partial charge in [-0.1, -0.05) is 41.6 Å². The van der Waals surface area contributed by atoms with Crippen molar-refractivity contribution in [2.75, 3.05) is 7.11 Å². The van der Waals surface area contributed by atoms with Crippen LogP contribution in [0.3, 0.4) is 0 Å². The zero-order valence-electron chi connectivity index (χ0n) is 20.5. The lowest BCUT2D eigenvalue weighted by molar-refractivity contribution is 0.387. The predicted molar refractivity (Wildman–Crippen MR) is 145 cm³/mol. The maximum absolute atomic E-state index is 13.5. The first-order valence-electron chi connectivity index (χ1n) is 11.8. The second-order valence-electron chi connectivity index (χ2n) is 8.91. The van der Waals surface area contributed by atoms with E-state index in [4.69, 9.17) is 24.6 Å². The van der Waals surface area contributed by atoms with E-state index in [1.807, 2.05) is 73.7 Å². The van der Waals surface area contributed by atoms with Crippen molar-refractivity contribution in [3.05, 3.63) is 111 Å². The first-order valence-corrected chi connectivity index (χ1v) is 12.6. The van der Waals surface area contributed by atoms with Crippen LogP contribution in [0.4, 0.5) is 0 Å². The van der Waals surface area contributed by atoms with E-state index in [0.29, 0.717) is 33.1 Å². The third kappa shape index (κ3) is 3.94. The summed E-state index contributed by atoms with van der Waals surface area (Å²) >= 11 is 1.44. The van der Waals surface area contributed by atoms with Gasteiger partial charge in [0.25, 0.3) is 0 Å². The average Bonchev–Trinajstić information content (AvgIpc) is 2.93. The van der Waals surface area contributed by atoms with Gasteiger partial charge in [0.1, 0.15) is 28.0 Å². The number of pyridine rings is 1. The molecule has 2 N–H and O–H groups in total. The monoisotopic (exact) mass is 519 g/mol. The van der Waals surface area contributed by atoms with E-state index in [1.54, 1.807) is 13.2 Å². The standard InChI is InChI=1S/C30H21N3O4S/c1-16-8-11-24-20(12-16)27-26(30(34)36-24)25(22(15-31)28(32)37-27)21-14-17-13-18(35-2)9-10-23(17)33-29(21)38-19-6-4-3-5-7-19/h3-14,25H,32H2,1-2H3. The minimum atomic E-state index is -0.848. The van der Waals surface area contributed by atoms with Gasteiger partial charge < -0.3 is 19.6 Å². The minimum absolute atomic E-state index is 0.0557. The molecule has 2 aromatic heterocycles. The number of fused-ring (bicyclic) bond motifs is 4. The maximum Gasteiger partial charge on any atom is 0.344 e. The van der Waals surface area contributed by atoms with E-state index < -0.39 is 11.5 Å². The number of rotatable bonds is 4. The van der Waals surface area contributed by atoms with E-state index in [2.05, 4.69) is 6.07 Å². The molecule has 6 rings (SSSR count). The van der Waals surface area contributed by atoms with Crippen molar-refractivity contribution in [1.29, 1.82) is 5.26 Å². The van der Waals surface area contributed by atoms with E-state index in [9.17, 15) is 10.1 Å². The number of benzene rings is 3. The Labute approximate surface area is 222 Å². The SMILES string of the molecule is COc1ccc2nc(Sc3ccccc3)c(C3C(C#N)=C(N)Oc4c3c(=O)oc3ccc(C)cc43)cc2c1. The van der Waals surface area contributed by atoms with E-state index in [-0.39, 0.29) is 17.0 Å². The molecule has 0 saturated heterocycles. The molecule has 0 amide bonds. The van der Waals surface area contributed by atoms with Gasteiger partial charge in [-0.2, -0.15) is 5.26 Å². The predicted octanol–water partition coefficient (Wildman–Crippen LogP) is 6.03. The highest BCUT2D eigenvalue weighted by Gasteiger charge is 2.37. The van der Waals surface area contributed by atoms with Crippen LogP contribution < -0.4 is 20.8 Å². The largest absolute Gasteiger partial charge is 0.497 e. The second kappa shape index (κ2) is 9.29. The van der Waals surface area contributed by atoms with Crippen molar-refractivity contribution in [2.24, 2.45) is 5.73 Å². The molecule has 5 aromatic rings. The van der Waals surface area contributed by atoms with E-state index in [0.717, 1.165) is 21.4 Å². The van der Waals surface area contributed by atoms with Gasteiger partial charge in [-0.15, -0.1) is 0 Å². The summed E-state index contributed by atoms with van der Waals surface area (Å²) in [5.74, 6) is 0.0551. The van der Waals surface area contributed by atoms with Crippen LogP contribution in [0.25, 0.3) is 21.9 Å². The Morgan fingerprint density at radius 1 is 1.08 bits per heavy atom. The normalized spacial score (nSPS) is 14.7. The number of hydrogen-bond donors (Lipinski definition) is 1. The molecule has 3 aromatic carbocycles. The fraction of sp³-hybridized carbons (Fsp3) is 0.100. The molecule has 1 unspecified atom stereocenters. The van der Waals surface area contributed by atoms with Crippen LogP contribution in [-0.2, 0) is 0 Å². The van der Waals surface area contributed by atoms with Crippen LogP contribution in [0.1, 0.15) is 22.6 Å². The number of nitrogens with zero attached hydrogens (tertiary/aromatic N) is 2. The van der Waals surface area contributed by atoms with Crippen molar-refractivity contribution in [1.82, 2.24) is 4.98 Å². The number of aromatic nitrogens is 1. The van der Waals surface area contributed by atoms with Crippen molar-refractivity contribution in [2.45, 2.75) is 22.8 Å². The molecule has 3 heterocycles. The lowest BCUT2D eigenvalue weighted by atomic mass is 9.84. The Balaban J connectivity index is 1.68. The molecule has 0 aliphatic carbocycles. The number of ether oxygens (including phenoxy) is 2. The van der Waals surface area contributed by atoms with Gasteiger partial charge in [0.2, 0.25) is 5.88 Å². The van der Waals surface area contributed by atoms with Gasteiger partial charge in [-0.05, 0) is 61.0 Å². The molecular formula is C30H21N3O4S. The molecule has 186 valence electrons. The van der Waals surface area contributed by atoms with Crippen LogP contribution in [0.2, 0.25) is 0 Å². The maximum atomic E-state index is 13.5. The molecule has 1 atom stereocenters. The summed E-state index contributed by atoms with van der Waals surface area (Å²) in [6.07, 6.45) is 0. The summed E-state index contributed by atoms with van der Waals surface area (Å²) in [7, 11) is 1.60. The lowest BCUT2D eigenvalue weighted by Gasteiger charge is -2.27. The number of hydrogen-bond acceptors (Lipinski definition) is 8. The van der Waals surface area contributed by atoms with Gasteiger partial charge in [0.15, 0.2) is 5.75 Å². The van der Waals surface area contributed by atoms with E-state index in [1.165, 1.54) is 11.8 Å². The van der Waals surface area contributed by atoms with Gasteiger partial charge in [-0.3, -0.25) is 0 Å². The van der Waals surface area contributed by atoms with Crippen LogP contribution >= 0.6 is 11.8 Å². The molecule has 8 heteroatoms. The number of nitriles is 1. The van der Waals surface area contributed by atoms with Crippen LogP contribution in [0, 0.1) is 18.3 Å². The summed E-state index contributed by atoms with van der Waals surface area (Å²) < 4.78 is 17.1. The van der Waals surface area contributed by atoms with Gasteiger partial charge in [0.05, 0.1) is 29.5 Å². The van der Waals surface area contributed by atoms with E-state index >= 15 is 0 Å². The summed E-state index contributed by atoms with van der Waals surface area (Å²) in [4.78, 5) is 19.4. The van der Waals surface area contributed by atoms with Crippen molar-refractivity contribution in [3.8, 4) is 17.6 Å². The average molecular weight is 520 g/mol. The number of allylic oxidation sites excluding steroid dienone is 1. The molecule has 0 saturated carbocycles. The third-order valence-electron chi connectivity index (χ3n) is 6.51. The fourth-order valence-corrected chi connectivity index (χ4v) is 5.67. The smallest absolute Gasteiger partial charge is 0.344 e. The Hall–Kier alpha value is -4.74. The molecule has 0 spiro atoms. The number of methoxy groups -OCH3 is 1. The first kappa shape index (κ1) is 23.6. The Bertz CT molecular complexity index is 1870. The molecule has 0 radical (unpaired) electrons. The highest BCUT2D eigenvalue weighted by Crippen LogP contribution is 2.47. The molecule has 7 nitrogen and oxygen atoms in total. The molecular weight excluding hydrogens is 498 g/mol. The lowest BCUT2D eigenvalue weighted by Crippen LogP contribution is -2.27. The van der Waals surface area contributed by atoms with Gasteiger partial charge in [-0.25, -0.2) is 9.78 Å². The van der Waals surface area contributed by atoms with Gasteiger partial charge >= 0.3 is 5.63 Å². The molecule has 1 aliphatic heterocycles. The molecule has 0 bridgehead atoms. The molecule has 1 aliphatic rings. The molecule has 0 fully saturated rings. The van der Waals surface area contributed by atoms with Crippen LogP contribution in [0.15, 0.2) is 103 Å². The third-order valence-corrected chi connectivity index (χ3v) is 7.53. The summed E-state index contributed by atoms with van der Waals surface area (Å²) in [5.41, 5.74) is 8.80. The highest BCUT2D eigenvalue weighted by atomic mass is 32.2. The van der Waals surface area contributed by atoms with Crippen molar-refractivity contribution >= 4 is 33.6 Å². The number of nitrogens with two attached hydrogens (primary N) is 1. The Morgan fingerprint density at radius 2 is 1.89 bits per heavy atom. The van der Waals surface area contributed by atoms with Crippen LogP contribution in [-0.4, -0.2) is 12.1 Å². The first-order chi connectivity index (χ1) is 18.5. The zero-order valence-corrected chi connectivity index (χ0v) is 21.3. The highest BCUT2D eigenvalue weighted by molar-refractivity contribution is 7.99. The zero-order chi connectivity index (χ0) is 26.4. The summed E-state index contributed by atoms with van der Waals surface area (Å²) in [6, 6.07) is 24.9. The summed E-state index contributed by atoms with van der Waals surface area (Å²) in [5, 5.41) is 12.2. The second-order valence-corrected chi connectivity index (χ2v) is 9.98. The topological polar surface area (TPSA) is 111 Å². The fourth-order valence-electron chi connectivity index (χ4n) is 4.71. The van der Waals surface area contributed by atoms with Crippen LogP contribution in [0.5, 0.6) is 11.5 Å². The number of aryl methyl sites for hydroxylation is 1. The Kier molecular flexibility index (Phi) is 5.78. The van der Waals surface area contributed by atoms with Crippen molar-refractivity contribution in [3.63, 3.8) is 0 Å². The van der Waals surface area contributed by atoms with Crippen molar-refractivity contribution < 1.29 is 13.9 Å². The van der Waals surface area contributed by atoms with Gasteiger partial charge in [0, 0.05) is 10.3 Å². The summed E-state index contributed by atoms with van der Waals surface area (Å²) in [6.45, 7) is 1.94. The minimum Gasteiger partial charge on any atom is -0.497 e. The quantitative estimate of drug-likeness (QED) is 0.287.